The maximum absolute atomic E-state index is 13.5. The highest BCUT2D eigenvalue weighted by atomic mass is 16.7. The molecule has 7 heteroatoms. The van der Waals surface area contributed by atoms with Crippen LogP contribution >= 0.6 is 0 Å². The number of rotatable bonds is 2. The Morgan fingerprint density at radius 1 is 1.00 bits per heavy atom. The Bertz CT molecular complexity index is 791. The number of ketones is 1. The van der Waals surface area contributed by atoms with Crippen LogP contribution in [0.3, 0.4) is 0 Å². The highest BCUT2D eigenvalue weighted by Gasteiger charge is 2.78. The van der Waals surface area contributed by atoms with Crippen LogP contribution in [0.15, 0.2) is 24.3 Å². The Morgan fingerprint density at radius 2 is 1.61 bits per heavy atom. The first-order chi connectivity index (χ1) is 13.5. The number of benzene rings is 1. The zero-order chi connectivity index (χ0) is 19.9. The molecule has 150 valence electrons. The van der Waals surface area contributed by atoms with Crippen LogP contribution in [0.5, 0.6) is 5.75 Å². The lowest BCUT2D eigenvalue weighted by atomic mass is 9.60. The van der Waals surface area contributed by atoms with Crippen molar-refractivity contribution in [2.75, 3.05) is 14.2 Å². The summed E-state index contributed by atoms with van der Waals surface area (Å²) in [4.78, 5) is 39.9. The third kappa shape index (κ3) is 2.35. The smallest absolute Gasteiger partial charge is 0.327 e. The van der Waals surface area contributed by atoms with Crippen LogP contribution < -0.4 is 4.74 Å². The predicted molar refractivity (Wildman–Crippen MR) is 96.7 cm³/mol. The van der Waals surface area contributed by atoms with Crippen molar-refractivity contribution < 1.29 is 33.3 Å². The Morgan fingerprint density at radius 3 is 2.21 bits per heavy atom. The van der Waals surface area contributed by atoms with Crippen molar-refractivity contribution in [3.63, 3.8) is 0 Å². The molecule has 0 N–H and O–H groups in total. The quantitative estimate of drug-likeness (QED) is 0.568. The minimum absolute atomic E-state index is 0.329. The molecule has 1 aromatic rings. The normalized spacial score (nSPS) is 27.1. The van der Waals surface area contributed by atoms with Crippen molar-refractivity contribution in [2.45, 2.75) is 50.4 Å². The molecule has 1 saturated carbocycles. The van der Waals surface area contributed by atoms with E-state index < -0.39 is 35.2 Å². The minimum atomic E-state index is -1.89. The molecule has 2 fully saturated rings. The highest BCUT2D eigenvalue weighted by Crippen LogP contribution is 2.60. The second kappa shape index (κ2) is 6.88. The van der Waals surface area contributed by atoms with Gasteiger partial charge in [0.15, 0.2) is 5.78 Å². The summed E-state index contributed by atoms with van der Waals surface area (Å²) in [6, 6.07) is 6.79. The lowest BCUT2D eigenvalue weighted by Crippen LogP contribution is -2.61. The van der Waals surface area contributed by atoms with Crippen LogP contribution in [0.2, 0.25) is 0 Å². The number of carbonyl (C=O) groups excluding carboxylic acids is 3. The number of ether oxygens (including phenoxy) is 4. The molecule has 28 heavy (non-hydrogen) atoms. The molecule has 1 aliphatic carbocycles. The summed E-state index contributed by atoms with van der Waals surface area (Å²) in [7, 11) is 2.43. The summed E-state index contributed by atoms with van der Waals surface area (Å²) in [5.41, 5.74) is -2.76. The molecule has 1 saturated heterocycles. The van der Waals surface area contributed by atoms with Crippen LogP contribution in [0.4, 0.5) is 0 Å². The van der Waals surface area contributed by atoms with Crippen molar-refractivity contribution in [1.29, 1.82) is 0 Å². The van der Waals surface area contributed by atoms with Crippen molar-refractivity contribution in [1.82, 2.24) is 0 Å². The molecular weight excluding hydrogens is 364 g/mol. The number of Topliss-reactive ketones (excluding diaryl/α,β-unsaturated/α-hetero) is 1. The van der Waals surface area contributed by atoms with E-state index in [9.17, 15) is 14.4 Å². The van der Waals surface area contributed by atoms with E-state index in [0.717, 1.165) is 25.7 Å². The Hall–Kier alpha value is -2.41. The van der Waals surface area contributed by atoms with E-state index >= 15 is 0 Å². The van der Waals surface area contributed by atoms with Crippen LogP contribution in [0.1, 0.15) is 48.9 Å². The number of carbonyl (C=O) groups is 3. The van der Waals surface area contributed by atoms with Crippen LogP contribution in [-0.2, 0) is 23.8 Å². The maximum Gasteiger partial charge on any atom is 0.327 e. The second-order valence-electron chi connectivity index (χ2n) is 7.64. The topological polar surface area (TPSA) is 88.1 Å². The molecule has 0 amide bonds. The molecule has 2 heterocycles. The summed E-state index contributed by atoms with van der Waals surface area (Å²) in [6.45, 7) is 0. The van der Waals surface area contributed by atoms with Gasteiger partial charge in [0.05, 0.1) is 19.8 Å². The lowest BCUT2D eigenvalue weighted by molar-refractivity contribution is -0.191. The fraction of sp³-hybridized carbons (Fsp3) is 0.571. The van der Waals surface area contributed by atoms with Gasteiger partial charge >= 0.3 is 11.9 Å². The fourth-order valence-electron chi connectivity index (χ4n) is 5.19. The summed E-state index contributed by atoms with van der Waals surface area (Å²) < 4.78 is 22.5. The molecule has 1 spiro atoms. The minimum Gasteiger partial charge on any atom is -0.468 e. The van der Waals surface area contributed by atoms with Crippen molar-refractivity contribution >= 4 is 17.7 Å². The van der Waals surface area contributed by atoms with Gasteiger partial charge in [0, 0.05) is 0 Å². The molecule has 0 radical (unpaired) electrons. The van der Waals surface area contributed by atoms with Crippen LogP contribution in [0.25, 0.3) is 0 Å². The average Bonchev–Trinajstić information content (AvgIpc) is 2.82. The van der Waals surface area contributed by atoms with E-state index in [1.54, 1.807) is 24.3 Å². The largest absolute Gasteiger partial charge is 0.468 e. The number of esters is 2. The molecule has 2 aliphatic heterocycles. The average molecular weight is 388 g/mol. The van der Waals surface area contributed by atoms with Gasteiger partial charge < -0.3 is 18.9 Å². The van der Waals surface area contributed by atoms with Gasteiger partial charge in [0.25, 0.3) is 0 Å². The number of para-hydroxylation sites is 1. The van der Waals surface area contributed by atoms with E-state index in [2.05, 4.69) is 0 Å². The van der Waals surface area contributed by atoms with E-state index in [4.69, 9.17) is 18.9 Å². The van der Waals surface area contributed by atoms with Gasteiger partial charge in [-0.15, -0.1) is 0 Å². The molecule has 0 unspecified atom stereocenters. The van der Waals surface area contributed by atoms with E-state index in [0.29, 0.717) is 24.2 Å². The summed E-state index contributed by atoms with van der Waals surface area (Å²) in [5.74, 6) is -2.72. The first kappa shape index (κ1) is 18.9. The van der Waals surface area contributed by atoms with Gasteiger partial charge in [0.2, 0.25) is 11.7 Å². The Balaban J connectivity index is 1.94. The van der Waals surface area contributed by atoms with Gasteiger partial charge in [-0.1, -0.05) is 37.8 Å². The van der Waals surface area contributed by atoms with Gasteiger partial charge in [-0.25, -0.2) is 0 Å². The molecule has 7 nitrogen and oxygen atoms in total. The van der Waals surface area contributed by atoms with Gasteiger partial charge in [-0.2, -0.15) is 0 Å². The fourth-order valence-corrected chi connectivity index (χ4v) is 5.19. The summed E-state index contributed by atoms with van der Waals surface area (Å²) in [5, 5.41) is 0. The molecular formula is C21H24O7. The molecule has 2 atom stereocenters. The Labute approximate surface area is 163 Å². The molecule has 0 bridgehead atoms. The third-order valence-corrected chi connectivity index (χ3v) is 6.40. The third-order valence-electron chi connectivity index (χ3n) is 6.40. The molecule has 1 aromatic carbocycles. The Kier molecular flexibility index (Phi) is 4.65. The molecule has 4 rings (SSSR count). The van der Waals surface area contributed by atoms with Gasteiger partial charge in [-0.3, -0.25) is 14.4 Å². The monoisotopic (exact) mass is 388 g/mol. The van der Waals surface area contributed by atoms with Crippen molar-refractivity contribution in [3.8, 4) is 5.75 Å². The van der Waals surface area contributed by atoms with E-state index in [1.165, 1.54) is 14.2 Å². The molecule has 3 aliphatic rings. The second-order valence-corrected chi connectivity index (χ2v) is 7.64. The van der Waals surface area contributed by atoms with Crippen LogP contribution in [0, 0.1) is 11.3 Å². The summed E-state index contributed by atoms with van der Waals surface area (Å²) in [6.07, 6.45) is 3.35. The first-order valence-corrected chi connectivity index (χ1v) is 9.66. The summed E-state index contributed by atoms with van der Waals surface area (Å²) >= 11 is 0. The SMILES string of the molecule is COC(=O)C1(C(=O)OC)[C@H]2C(=O)c3ccccc3O[C@@H]2OC12CCCCCC2. The number of hydrogen-bond donors (Lipinski definition) is 0. The van der Waals surface area contributed by atoms with E-state index in [-0.39, 0.29) is 5.78 Å². The van der Waals surface area contributed by atoms with Gasteiger partial charge in [-0.05, 0) is 25.0 Å². The lowest BCUT2D eigenvalue weighted by Gasteiger charge is -2.41. The van der Waals surface area contributed by atoms with Crippen molar-refractivity contribution in [2.24, 2.45) is 11.3 Å². The molecule has 0 aromatic heterocycles. The zero-order valence-corrected chi connectivity index (χ0v) is 16.1. The highest BCUT2D eigenvalue weighted by molar-refractivity contribution is 6.12. The standard InChI is InChI=1S/C21H24O7/c1-25-18(23)21(19(24)26-2)15-16(22)13-9-5-6-10-14(13)27-17(15)28-20(21)11-7-3-4-8-12-20/h5-6,9-10,15,17H,3-4,7-8,11-12H2,1-2H3/t15-,17+/m0/s1. The number of hydrogen-bond acceptors (Lipinski definition) is 7. The predicted octanol–water partition coefficient (Wildman–Crippen LogP) is 2.66. The zero-order valence-electron chi connectivity index (χ0n) is 16.1. The van der Waals surface area contributed by atoms with Crippen molar-refractivity contribution in [3.05, 3.63) is 29.8 Å². The van der Waals surface area contributed by atoms with Crippen LogP contribution in [-0.4, -0.2) is 43.8 Å². The van der Waals surface area contributed by atoms with Gasteiger partial charge in [0.1, 0.15) is 17.3 Å². The number of fused-ring (bicyclic) bond motifs is 2. The first-order valence-electron chi connectivity index (χ1n) is 9.66. The number of methoxy groups -OCH3 is 2. The maximum atomic E-state index is 13.5. The van der Waals surface area contributed by atoms with E-state index in [1.807, 2.05) is 0 Å².